The molecule has 26 heavy (non-hydrogen) atoms. The van der Waals surface area contributed by atoms with Crippen molar-refractivity contribution in [1.82, 2.24) is 9.88 Å². The number of carbonyl (C=O) groups is 1. The molecule has 1 aliphatic carbocycles. The molecule has 0 bridgehead atoms. The molecule has 1 unspecified atom stereocenters. The molecule has 1 saturated heterocycles. The number of halogens is 3. The smallest absolute Gasteiger partial charge is 0.416 e. The SMILES string of the molecule is O=C(c1ncoc1C1CC1)N1CCOC(c2ccccc2C(F)(F)F)C1. The fraction of sp³-hybridized carbons (Fsp3) is 0.444. The molecule has 4 rings (SSSR count). The molecule has 0 spiro atoms. The van der Waals surface area contributed by atoms with E-state index in [4.69, 9.17) is 9.15 Å². The number of hydrogen-bond donors (Lipinski definition) is 0. The first-order valence-electron chi connectivity index (χ1n) is 8.45. The Kier molecular flexibility index (Phi) is 4.22. The topological polar surface area (TPSA) is 55.6 Å². The highest BCUT2D eigenvalue weighted by atomic mass is 19.4. The molecule has 8 heteroatoms. The molecule has 2 aliphatic rings. The van der Waals surface area contributed by atoms with Crippen molar-refractivity contribution in [2.24, 2.45) is 0 Å². The maximum absolute atomic E-state index is 13.3. The van der Waals surface area contributed by atoms with Gasteiger partial charge in [0.25, 0.3) is 5.91 Å². The van der Waals surface area contributed by atoms with Crippen LogP contribution in [0, 0.1) is 0 Å². The normalized spacial score (nSPS) is 21.0. The van der Waals surface area contributed by atoms with Gasteiger partial charge in [0.2, 0.25) is 0 Å². The number of carbonyl (C=O) groups excluding carboxylic acids is 1. The Hall–Kier alpha value is -2.35. The number of hydrogen-bond acceptors (Lipinski definition) is 4. The van der Waals surface area contributed by atoms with Gasteiger partial charge in [0.05, 0.1) is 18.7 Å². The zero-order valence-corrected chi connectivity index (χ0v) is 13.8. The lowest BCUT2D eigenvalue weighted by molar-refractivity contribution is -0.140. The third-order valence-corrected chi connectivity index (χ3v) is 4.71. The van der Waals surface area contributed by atoms with Gasteiger partial charge in [-0.15, -0.1) is 0 Å². The number of oxazole rings is 1. The summed E-state index contributed by atoms with van der Waals surface area (Å²) in [4.78, 5) is 18.3. The first-order valence-corrected chi connectivity index (χ1v) is 8.45. The average Bonchev–Trinajstić information content (AvgIpc) is 3.37. The van der Waals surface area contributed by atoms with Gasteiger partial charge in [-0.1, -0.05) is 18.2 Å². The number of ether oxygens (including phenoxy) is 1. The predicted octanol–water partition coefficient (Wildman–Crippen LogP) is 3.78. The highest BCUT2D eigenvalue weighted by molar-refractivity contribution is 5.93. The van der Waals surface area contributed by atoms with Crippen molar-refractivity contribution < 1.29 is 27.1 Å². The second-order valence-corrected chi connectivity index (χ2v) is 6.54. The summed E-state index contributed by atoms with van der Waals surface area (Å²) in [6, 6.07) is 5.31. The maximum atomic E-state index is 13.3. The number of rotatable bonds is 3. The largest absolute Gasteiger partial charge is 0.447 e. The van der Waals surface area contributed by atoms with Crippen LogP contribution in [0.3, 0.4) is 0 Å². The van der Waals surface area contributed by atoms with Gasteiger partial charge in [0.15, 0.2) is 12.1 Å². The van der Waals surface area contributed by atoms with E-state index in [0.29, 0.717) is 12.3 Å². The second kappa shape index (κ2) is 6.42. The van der Waals surface area contributed by atoms with E-state index in [0.717, 1.165) is 18.9 Å². The van der Waals surface area contributed by atoms with Crippen molar-refractivity contribution in [3.63, 3.8) is 0 Å². The molecule has 5 nitrogen and oxygen atoms in total. The summed E-state index contributed by atoms with van der Waals surface area (Å²) in [5, 5.41) is 0. The van der Waals surface area contributed by atoms with Gasteiger partial charge in [-0.2, -0.15) is 13.2 Å². The van der Waals surface area contributed by atoms with E-state index >= 15 is 0 Å². The lowest BCUT2D eigenvalue weighted by Gasteiger charge is -2.34. The van der Waals surface area contributed by atoms with Crippen molar-refractivity contribution in [1.29, 1.82) is 0 Å². The standard InChI is InChI=1S/C18H17F3N2O3/c19-18(20,21)13-4-2-1-3-12(13)14-9-23(7-8-25-14)17(24)15-16(11-5-6-11)26-10-22-15/h1-4,10-11,14H,5-9H2. The Bertz CT molecular complexity index is 814. The lowest BCUT2D eigenvalue weighted by atomic mass is 10.0. The number of morpholine rings is 1. The summed E-state index contributed by atoms with van der Waals surface area (Å²) in [5.41, 5.74) is -0.434. The van der Waals surface area contributed by atoms with Crippen LogP contribution in [0.25, 0.3) is 0 Å². The van der Waals surface area contributed by atoms with E-state index in [1.807, 2.05) is 0 Å². The maximum Gasteiger partial charge on any atom is 0.416 e. The Labute approximate surface area is 147 Å². The molecule has 0 radical (unpaired) electrons. The molecular weight excluding hydrogens is 349 g/mol. The van der Waals surface area contributed by atoms with Crippen LogP contribution in [0.1, 0.15) is 52.2 Å². The van der Waals surface area contributed by atoms with Crippen LogP contribution in [0.15, 0.2) is 35.1 Å². The molecule has 138 valence electrons. The molecule has 1 atom stereocenters. The Morgan fingerprint density at radius 1 is 1.23 bits per heavy atom. The Balaban J connectivity index is 1.57. The zero-order chi connectivity index (χ0) is 18.3. The van der Waals surface area contributed by atoms with Crippen molar-refractivity contribution >= 4 is 5.91 Å². The summed E-state index contributed by atoms with van der Waals surface area (Å²) in [7, 11) is 0. The summed E-state index contributed by atoms with van der Waals surface area (Å²) in [6.45, 7) is 0.516. The fourth-order valence-corrected chi connectivity index (χ4v) is 3.26. The summed E-state index contributed by atoms with van der Waals surface area (Å²) in [6.07, 6.45) is -2.14. The third kappa shape index (κ3) is 3.21. The molecule has 2 fully saturated rings. The minimum Gasteiger partial charge on any atom is -0.447 e. The van der Waals surface area contributed by atoms with Crippen LogP contribution in [0.2, 0.25) is 0 Å². The minimum absolute atomic E-state index is 0.0417. The van der Waals surface area contributed by atoms with Gasteiger partial charge in [0, 0.05) is 12.5 Å². The van der Waals surface area contributed by atoms with Crippen molar-refractivity contribution in [3.05, 3.63) is 53.2 Å². The average molecular weight is 366 g/mol. The van der Waals surface area contributed by atoms with Crippen molar-refractivity contribution in [3.8, 4) is 0 Å². The number of alkyl halides is 3. The van der Waals surface area contributed by atoms with E-state index in [9.17, 15) is 18.0 Å². The van der Waals surface area contributed by atoms with E-state index in [1.165, 1.54) is 29.5 Å². The van der Waals surface area contributed by atoms with E-state index < -0.39 is 17.8 Å². The van der Waals surface area contributed by atoms with Gasteiger partial charge in [-0.25, -0.2) is 4.98 Å². The molecule has 2 heterocycles. The summed E-state index contributed by atoms with van der Waals surface area (Å²) in [5.74, 6) is 0.478. The quantitative estimate of drug-likeness (QED) is 0.830. The highest BCUT2D eigenvalue weighted by Crippen LogP contribution is 2.42. The Morgan fingerprint density at radius 2 is 2.00 bits per heavy atom. The van der Waals surface area contributed by atoms with Gasteiger partial charge in [0.1, 0.15) is 11.9 Å². The lowest BCUT2D eigenvalue weighted by Crippen LogP contribution is -2.43. The van der Waals surface area contributed by atoms with Crippen LogP contribution in [0.5, 0.6) is 0 Å². The van der Waals surface area contributed by atoms with Crippen LogP contribution >= 0.6 is 0 Å². The molecular formula is C18H17F3N2O3. The first-order chi connectivity index (χ1) is 12.4. The minimum atomic E-state index is -4.47. The molecule has 0 N–H and O–H groups in total. The fourth-order valence-electron chi connectivity index (χ4n) is 3.26. The molecule has 1 saturated carbocycles. The van der Waals surface area contributed by atoms with E-state index in [2.05, 4.69) is 4.98 Å². The predicted molar refractivity (Wildman–Crippen MR) is 84.5 cm³/mol. The van der Waals surface area contributed by atoms with Crippen LogP contribution in [-0.2, 0) is 10.9 Å². The number of aromatic nitrogens is 1. The van der Waals surface area contributed by atoms with Gasteiger partial charge < -0.3 is 14.1 Å². The number of nitrogens with zero attached hydrogens (tertiary/aromatic N) is 2. The number of amides is 1. The third-order valence-electron chi connectivity index (χ3n) is 4.71. The van der Waals surface area contributed by atoms with Crippen LogP contribution in [0.4, 0.5) is 13.2 Å². The summed E-state index contributed by atoms with van der Waals surface area (Å²) < 4.78 is 50.7. The Morgan fingerprint density at radius 3 is 2.73 bits per heavy atom. The highest BCUT2D eigenvalue weighted by Gasteiger charge is 2.38. The second-order valence-electron chi connectivity index (χ2n) is 6.54. The van der Waals surface area contributed by atoms with Gasteiger partial charge in [-0.3, -0.25) is 4.79 Å². The summed E-state index contributed by atoms with van der Waals surface area (Å²) >= 11 is 0. The first kappa shape index (κ1) is 17.1. The van der Waals surface area contributed by atoms with Gasteiger partial charge in [-0.05, 0) is 24.5 Å². The molecule has 1 aromatic heterocycles. The van der Waals surface area contributed by atoms with Crippen molar-refractivity contribution in [2.45, 2.75) is 31.0 Å². The van der Waals surface area contributed by atoms with Crippen LogP contribution in [-0.4, -0.2) is 35.5 Å². The van der Waals surface area contributed by atoms with Crippen LogP contribution < -0.4 is 0 Å². The monoisotopic (exact) mass is 366 g/mol. The molecule has 1 aromatic carbocycles. The number of benzene rings is 1. The molecule has 1 amide bonds. The van der Waals surface area contributed by atoms with Crippen molar-refractivity contribution in [2.75, 3.05) is 19.7 Å². The molecule has 1 aliphatic heterocycles. The van der Waals surface area contributed by atoms with E-state index in [-0.39, 0.29) is 36.2 Å². The van der Waals surface area contributed by atoms with Gasteiger partial charge >= 0.3 is 6.18 Å². The van der Waals surface area contributed by atoms with E-state index in [1.54, 1.807) is 0 Å². The zero-order valence-electron chi connectivity index (χ0n) is 13.8. The molecule has 2 aromatic rings.